The van der Waals surface area contributed by atoms with Gasteiger partial charge in [0.2, 0.25) is 5.91 Å². The Morgan fingerprint density at radius 2 is 1.95 bits per heavy atom. The van der Waals surface area contributed by atoms with Crippen molar-refractivity contribution in [3.05, 3.63) is 0 Å². The highest BCUT2D eigenvalue weighted by molar-refractivity contribution is 7.98. The molecule has 1 amide bonds. The molecule has 116 valence electrons. The second-order valence-electron chi connectivity index (χ2n) is 6.26. The van der Waals surface area contributed by atoms with E-state index in [0.29, 0.717) is 5.91 Å². The van der Waals surface area contributed by atoms with Crippen LogP contribution in [0.3, 0.4) is 0 Å². The molecule has 2 aliphatic rings. The molecule has 1 saturated carbocycles. The van der Waals surface area contributed by atoms with Crippen LogP contribution in [0.25, 0.3) is 0 Å². The molecular weight excluding hydrogens is 268 g/mol. The number of amides is 1. The van der Waals surface area contributed by atoms with E-state index in [1.807, 2.05) is 11.8 Å². The van der Waals surface area contributed by atoms with Crippen molar-refractivity contribution in [2.45, 2.75) is 76.4 Å². The molecule has 0 aromatic rings. The highest BCUT2D eigenvalue weighted by Gasteiger charge is 2.51. The van der Waals surface area contributed by atoms with Gasteiger partial charge in [0.1, 0.15) is 0 Å². The standard InChI is InChI=1S/C16H30N2OS/c1-3-14-17-16(10-6-7-11-16)15(19)18(14)12-8-4-5-9-13-20-2/h14,17H,3-13H2,1-2H3. The Hall–Kier alpha value is -0.220. The Balaban J connectivity index is 1.79. The Labute approximate surface area is 128 Å². The number of rotatable bonds is 8. The SMILES string of the molecule is CCC1NC2(CCCC2)C(=O)N1CCCCCCSC. The van der Waals surface area contributed by atoms with Gasteiger partial charge in [-0.3, -0.25) is 10.1 Å². The van der Waals surface area contributed by atoms with Gasteiger partial charge in [0.25, 0.3) is 0 Å². The Morgan fingerprint density at radius 1 is 1.25 bits per heavy atom. The lowest BCUT2D eigenvalue weighted by molar-refractivity contribution is -0.133. The zero-order valence-corrected chi connectivity index (χ0v) is 13.9. The van der Waals surface area contributed by atoms with Crippen molar-refractivity contribution in [1.82, 2.24) is 10.2 Å². The number of carbonyl (C=O) groups is 1. The van der Waals surface area contributed by atoms with Gasteiger partial charge in [-0.2, -0.15) is 11.8 Å². The average Bonchev–Trinajstić information content (AvgIpc) is 3.03. The van der Waals surface area contributed by atoms with E-state index in [0.717, 1.165) is 32.2 Å². The van der Waals surface area contributed by atoms with E-state index in [1.54, 1.807) is 0 Å². The molecule has 1 N–H and O–H groups in total. The minimum atomic E-state index is -0.181. The number of thioether (sulfide) groups is 1. The average molecular weight is 298 g/mol. The number of hydrogen-bond donors (Lipinski definition) is 1. The fourth-order valence-corrected chi connectivity index (χ4v) is 4.17. The van der Waals surface area contributed by atoms with Gasteiger partial charge in [-0.15, -0.1) is 0 Å². The third-order valence-corrected chi connectivity index (χ3v) is 5.53. The Morgan fingerprint density at radius 3 is 2.60 bits per heavy atom. The van der Waals surface area contributed by atoms with Gasteiger partial charge in [0, 0.05) is 6.54 Å². The normalized spacial score (nSPS) is 25.0. The van der Waals surface area contributed by atoms with Crippen molar-refractivity contribution >= 4 is 17.7 Å². The predicted molar refractivity (Wildman–Crippen MR) is 87.0 cm³/mol. The number of nitrogens with zero attached hydrogens (tertiary/aromatic N) is 1. The molecule has 0 aromatic carbocycles. The summed E-state index contributed by atoms with van der Waals surface area (Å²) >= 11 is 1.93. The summed E-state index contributed by atoms with van der Waals surface area (Å²) in [5, 5.41) is 3.65. The van der Waals surface area contributed by atoms with Crippen LogP contribution in [-0.2, 0) is 4.79 Å². The minimum absolute atomic E-state index is 0.181. The molecular formula is C16H30N2OS. The molecule has 2 fully saturated rings. The number of unbranched alkanes of at least 4 members (excludes halogenated alkanes) is 3. The van der Waals surface area contributed by atoms with Crippen molar-refractivity contribution in [2.24, 2.45) is 0 Å². The number of carbonyl (C=O) groups excluding carboxylic acids is 1. The predicted octanol–water partition coefficient (Wildman–Crippen LogP) is 3.39. The fourth-order valence-electron chi connectivity index (χ4n) is 3.67. The van der Waals surface area contributed by atoms with Crippen LogP contribution in [0.1, 0.15) is 64.7 Å². The summed E-state index contributed by atoms with van der Waals surface area (Å²) in [4.78, 5) is 14.9. The van der Waals surface area contributed by atoms with Gasteiger partial charge >= 0.3 is 0 Å². The maximum atomic E-state index is 12.7. The molecule has 1 aliphatic carbocycles. The van der Waals surface area contributed by atoms with Crippen molar-refractivity contribution in [1.29, 1.82) is 0 Å². The molecule has 1 spiro atoms. The summed E-state index contributed by atoms with van der Waals surface area (Å²) in [5.41, 5.74) is -0.181. The van der Waals surface area contributed by atoms with E-state index >= 15 is 0 Å². The summed E-state index contributed by atoms with van der Waals surface area (Å²) in [6.45, 7) is 3.13. The minimum Gasteiger partial charge on any atom is -0.326 e. The van der Waals surface area contributed by atoms with Gasteiger partial charge in [-0.1, -0.05) is 32.6 Å². The second-order valence-corrected chi connectivity index (χ2v) is 7.25. The highest BCUT2D eigenvalue weighted by atomic mass is 32.2. The molecule has 1 unspecified atom stereocenters. The molecule has 1 aliphatic heterocycles. The number of hydrogen-bond acceptors (Lipinski definition) is 3. The highest BCUT2D eigenvalue weighted by Crippen LogP contribution is 2.37. The maximum absolute atomic E-state index is 12.7. The maximum Gasteiger partial charge on any atom is 0.244 e. The Kier molecular flexibility index (Phi) is 6.21. The van der Waals surface area contributed by atoms with Crippen molar-refractivity contribution in [3.8, 4) is 0 Å². The first-order valence-electron chi connectivity index (χ1n) is 8.31. The van der Waals surface area contributed by atoms with E-state index in [1.165, 1.54) is 37.9 Å². The molecule has 20 heavy (non-hydrogen) atoms. The van der Waals surface area contributed by atoms with Gasteiger partial charge in [-0.05, 0) is 44.1 Å². The largest absolute Gasteiger partial charge is 0.326 e. The molecule has 0 bridgehead atoms. The fraction of sp³-hybridized carbons (Fsp3) is 0.938. The summed E-state index contributed by atoms with van der Waals surface area (Å²) < 4.78 is 0. The zero-order valence-electron chi connectivity index (χ0n) is 13.1. The molecule has 1 atom stereocenters. The number of nitrogens with one attached hydrogen (secondary N) is 1. The summed E-state index contributed by atoms with van der Waals surface area (Å²) in [7, 11) is 0. The van der Waals surface area contributed by atoms with E-state index in [4.69, 9.17) is 0 Å². The van der Waals surface area contributed by atoms with E-state index < -0.39 is 0 Å². The van der Waals surface area contributed by atoms with Crippen molar-refractivity contribution in [3.63, 3.8) is 0 Å². The second kappa shape index (κ2) is 7.69. The third kappa shape index (κ3) is 3.51. The van der Waals surface area contributed by atoms with Crippen molar-refractivity contribution in [2.75, 3.05) is 18.6 Å². The summed E-state index contributed by atoms with van der Waals surface area (Å²) in [6, 6.07) is 0. The van der Waals surface area contributed by atoms with Gasteiger partial charge in [0.05, 0.1) is 11.7 Å². The smallest absolute Gasteiger partial charge is 0.244 e. The van der Waals surface area contributed by atoms with Gasteiger partial charge in [0.15, 0.2) is 0 Å². The van der Waals surface area contributed by atoms with Crippen LogP contribution in [0.5, 0.6) is 0 Å². The summed E-state index contributed by atoms with van der Waals surface area (Å²) in [6.07, 6.45) is 13.0. The molecule has 1 saturated heterocycles. The van der Waals surface area contributed by atoms with Crippen LogP contribution in [0.15, 0.2) is 0 Å². The molecule has 3 nitrogen and oxygen atoms in total. The van der Waals surface area contributed by atoms with Crippen LogP contribution in [0, 0.1) is 0 Å². The lowest BCUT2D eigenvalue weighted by Gasteiger charge is -2.23. The summed E-state index contributed by atoms with van der Waals surface area (Å²) in [5.74, 6) is 1.66. The van der Waals surface area contributed by atoms with E-state index in [2.05, 4.69) is 23.4 Å². The third-order valence-electron chi connectivity index (χ3n) is 4.83. The van der Waals surface area contributed by atoms with Crippen LogP contribution in [0.4, 0.5) is 0 Å². The molecule has 2 rings (SSSR count). The van der Waals surface area contributed by atoms with Crippen LogP contribution in [-0.4, -0.2) is 41.1 Å². The zero-order chi connectivity index (χ0) is 14.4. The quantitative estimate of drug-likeness (QED) is 0.697. The first kappa shape index (κ1) is 16.2. The van der Waals surface area contributed by atoms with Crippen LogP contribution >= 0.6 is 11.8 Å². The van der Waals surface area contributed by atoms with Gasteiger partial charge < -0.3 is 4.90 Å². The lowest BCUT2D eigenvalue weighted by Crippen LogP contribution is -2.44. The van der Waals surface area contributed by atoms with Crippen LogP contribution in [0.2, 0.25) is 0 Å². The Bertz CT molecular complexity index is 316. The first-order valence-corrected chi connectivity index (χ1v) is 9.70. The van der Waals surface area contributed by atoms with Crippen LogP contribution < -0.4 is 5.32 Å². The lowest BCUT2D eigenvalue weighted by atomic mass is 9.98. The molecule has 0 aromatic heterocycles. The van der Waals surface area contributed by atoms with Gasteiger partial charge in [-0.25, -0.2) is 0 Å². The van der Waals surface area contributed by atoms with E-state index in [-0.39, 0.29) is 11.7 Å². The topological polar surface area (TPSA) is 32.3 Å². The molecule has 4 heteroatoms. The molecule has 1 heterocycles. The first-order chi connectivity index (χ1) is 9.73. The molecule has 0 radical (unpaired) electrons. The van der Waals surface area contributed by atoms with E-state index in [9.17, 15) is 4.79 Å². The van der Waals surface area contributed by atoms with Crippen molar-refractivity contribution < 1.29 is 4.79 Å². The monoisotopic (exact) mass is 298 g/mol.